The maximum Gasteiger partial charge on any atom is 0.194 e. The maximum absolute atomic E-state index is 12.1. The maximum atomic E-state index is 12.1. The topological polar surface area (TPSA) is 34.1 Å². The molecule has 0 aromatic heterocycles. The number of rotatable bonds is 1. The lowest BCUT2D eigenvalue weighted by molar-refractivity contribution is 0.104. The molecule has 0 saturated carbocycles. The molecular weight excluding hydrogens is 232 g/mol. The number of carbonyl (C=O) groups excluding carboxylic acids is 1. The molecule has 17 heavy (non-hydrogen) atoms. The van der Waals surface area contributed by atoms with Gasteiger partial charge in [-0.1, -0.05) is 24.3 Å². The van der Waals surface area contributed by atoms with Crippen molar-refractivity contribution in [1.29, 1.82) is 0 Å². The van der Waals surface area contributed by atoms with Crippen LogP contribution in [0.2, 0.25) is 0 Å². The first kappa shape index (κ1) is 10.4. The van der Waals surface area contributed by atoms with Crippen LogP contribution in [0, 0.1) is 0 Å². The molecule has 0 radical (unpaired) electrons. The predicted octanol–water partition coefficient (Wildman–Crippen LogP) is 2.64. The van der Waals surface area contributed by atoms with Gasteiger partial charge in [0, 0.05) is 33.1 Å². The largest absolute Gasteiger partial charge is 0.289 e. The molecule has 0 N–H and O–H groups in total. The van der Waals surface area contributed by atoms with Gasteiger partial charge >= 0.3 is 0 Å². The minimum Gasteiger partial charge on any atom is -0.289 e. The van der Waals surface area contributed by atoms with E-state index in [4.69, 9.17) is 0 Å². The number of carbonyl (C=O) groups is 1. The van der Waals surface area contributed by atoms with E-state index in [2.05, 4.69) is 0 Å². The molecule has 2 aromatic rings. The molecule has 3 rings (SSSR count). The van der Waals surface area contributed by atoms with Gasteiger partial charge in [0.25, 0.3) is 0 Å². The molecule has 0 spiro atoms. The summed E-state index contributed by atoms with van der Waals surface area (Å²) in [6.07, 6.45) is 1.64. The van der Waals surface area contributed by atoms with Crippen LogP contribution in [0.25, 0.3) is 11.1 Å². The molecular formula is C14H10O2S. The van der Waals surface area contributed by atoms with E-state index in [1.165, 1.54) is 0 Å². The first-order valence-electron chi connectivity index (χ1n) is 5.30. The Balaban J connectivity index is 2.31. The lowest BCUT2D eigenvalue weighted by Crippen LogP contribution is -1.95. The van der Waals surface area contributed by atoms with Crippen molar-refractivity contribution < 1.29 is 9.00 Å². The van der Waals surface area contributed by atoms with Gasteiger partial charge in [-0.05, 0) is 29.3 Å². The van der Waals surface area contributed by atoms with Crippen LogP contribution in [0.5, 0.6) is 0 Å². The van der Waals surface area contributed by atoms with E-state index in [1.807, 2.05) is 30.3 Å². The number of ketones is 1. The van der Waals surface area contributed by atoms with Gasteiger partial charge in [-0.15, -0.1) is 0 Å². The van der Waals surface area contributed by atoms with Crippen LogP contribution in [0.4, 0.5) is 0 Å². The van der Waals surface area contributed by atoms with Gasteiger partial charge in [-0.2, -0.15) is 0 Å². The molecule has 0 aliphatic heterocycles. The average molecular weight is 242 g/mol. The van der Waals surface area contributed by atoms with Crippen LogP contribution in [-0.2, 0) is 10.8 Å². The van der Waals surface area contributed by atoms with E-state index in [9.17, 15) is 9.00 Å². The third-order valence-corrected chi connectivity index (χ3v) is 3.95. The van der Waals surface area contributed by atoms with Crippen LogP contribution in [0.15, 0.2) is 47.4 Å². The van der Waals surface area contributed by atoms with Crippen LogP contribution in [0.3, 0.4) is 0 Å². The first-order chi connectivity index (χ1) is 8.18. The van der Waals surface area contributed by atoms with Gasteiger partial charge < -0.3 is 0 Å². The van der Waals surface area contributed by atoms with E-state index < -0.39 is 10.8 Å². The zero-order valence-electron chi connectivity index (χ0n) is 9.27. The van der Waals surface area contributed by atoms with Gasteiger partial charge in [0.15, 0.2) is 5.78 Å². The highest BCUT2D eigenvalue weighted by molar-refractivity contribution is 7.84. The summed E-state index contributed by atoms with van der Waals surface area (Å²) in [6.45, 7) is 0. The number of benzene rings is 2. The summed E-state index contributed by atoms with van der Waals surface area (Å²) in [4.78, 5) is 12.9. The third kappa shape index (κ3) is 1.46. The summed E-state index contributed by atoms with van der Waals surface area (Å²) in [6, 6.07) is 12.9. The summed E-state index contributed by atoms with van der Waals surface area (Å²) in [7, 11) is -1.02. The Morgan fingerprint density at radius 2 is 1.53 bits per heavy atom. The van der Waals surface area contributed by atoms with Crippen molar-refractivity contribution in [2.45, 2.75) is 4.90 Å². The number of hydrogen-bond donors (Lipinski definition) is 0. The molecule has 2 nitrogen and oxygen atoms in total. The molecule has 1 atom stereocenters. The monoisotopic (exact) mass is 242 g/mol. The minimum atomic E-state index is -1.02. The molecule has 3 heteroatoms. The Bertz CT molecular complexity index is 659. The van der Waals surface area contributed by atoms with E-state index >= 15 is 0 Å². The van der Waals surface area contributed by atoms with Gasteiger partial charge in [0.2, 0.25) is 0 Å². The van der Waals surface area contributed by atoms with Gasteiger partial charge in [0.05, 0.1) is 0 Å². The fraction of sp³-hybridized carbons (Fsp3) is 0.0714. The van der Waals surface area contributed by atoms with E-state index in [0.29, 0.717) is 5.56 Å². The average Bonchev–Trinajstić information content (AvgIpc) is 2.64. The Kier molecular flexibility index (Phi) is 2.23. The summed E-state index contributed by atoms with van der Waals surface area (Å²) >= 11 is 0. The van der Waals surface area contributed by atoms with Crippen molar-refractivity contribution in [3.8, 4) is 11.1 Å². The zero-order chi connectivity index (χ0) is 12.0. The fourth-order valence-electron chi connectivity index (χ4n) is 2.18. The number of hydrogen-bond acceptors (Lipinski definition) is 2. The van der Waals surface area contributed by atoms with E-state index in [-0.39, 0.29) is 5.78 Å². The second-order valence-electron chi connectivity index (χ2n) is 4.04. The Morgan fingerprint density at radius 3 is 2.24 bits per heavy atom. The molecule has 0 saturated heterocycles. The van der Waals surface area contributed by atoms with E-state index in [0.717, 1.165) is 21.6 Å². The molecule has 1 aliphatic carbocycles. The smallest absolute Gasteiger partial charge is 0.194 e. The highest BCUT2D eigenvalue weighted by Crippen LogP contribution is 2.37. The Labute approximate surface area is 102 Å². The Morgan fingerprint density at radius 1 is 0.882 bits per heavy atom. The highest BCUT2D eigenvalue weighted by Gasteiger charge is 2.26. The van der Waals surface area contributed by atoms with Crippen molar-refractivity contribution in [1.82, 2.24) is 0 Å². The standard InChI is InChI=1S/C14H10O2S/c1-17(16)9-6-7-12-13(8-9)10-4-2-3-5-11(10)14(12)15/h2-8H,1H3/t17-/m1/s1. The first-order valence-corrected chi connectivity index (χ1v) is 6.86. The summed E-state index contributed by atoms with van der Waals surface area (Å²) in [5, 5.41) is 0. The SMILES string of the molecule is C[S@@](=O)c1ccc2c(c1)-c1ccccc1C2=O. The van der Waals surface area contributed by atoms with Crippen molar-refractivity contribution in [3.05, 3.63) is 53.6 Å². The van der Waals surface area contributed by atoms with Gasteiger partial charge in [0.1, 0.15) is 0 Å². The second-order valence-corrected chi connectivity index (χ2v) is 5.42. The molecule has 0 bridgehead atoms. The quantitative estimate of drug-likeness (QED) is 0.657. The highest BCUT2D eigenvalue weighted by atomic mass is 32.2. The summed E-state index contributed by atoms with van der Waals surface area (Å²) < 4.78 is 11.5. The van der Waals surface area contributed by atoms with Crippen LogP contribution >= 0.6 is 0 Å². The second kappa shape index (κ2) is 3.64. The fourth-order valence-corrected chi connectivity index (χ4v) is 2.73. The van der Waals surface area contributed by atoms with Crippen LogP contribution in [-0.4, -0.2) is 16.2 Å². The van der Waals surface area contributed by atoms with Gasteiger partial charge in [-0.3, -0.25) is 9.00 Å². The minimum absolute atomic E-state index is 0.0593. The van der Waals surface area contributed by atoms with Crippen LogP contribution in [0.1, 0.15) is 15.9 Å². The van der Waals surface area contributed by atoms with E-state index in [1.54, 1.807) is 18.4 Å². The lowest BCUT2D eigenvalue weighted by atomic mass is 10.1. The third-order valence-electron chi connectivity index (χ3n) is 3.03. The molecule has 84 valence electrons. The molecule has 0 unspecified atom stereocenters. The lowest BCUT2D eigenvalue weighted by Gasteiger charge is -2.02. The molecule has 1 aliphatic rings. The molecule has 0 heterocycles. The molecule has 0 fully saturated rings. The van der Waals surface area contributed by atoms with Crippen LogP contribution < -0.4 is 0 Å². The summed E-state index contributed by atoms with van der Waals surface area (Å²) in [5.41, 5.74) is 3.29. The molecule has 2 aromatic carbocycles. The van der Waals surface area contributed by atoms with Crippen molar-refractivity contribution in [3.63, 3.8) is 0 Å². The number of fused-ring (bicyclic) bond motifs is 3. The van der Waals surface area contributed by atoms with Gasteiger partial charge in [-0.25, -0.2) is 0 Å². The summed E-state index contributed by atoms with van der Waals surface area (Å²) in [5.74, 6) is 0.0593. The van der Waals surface area contributed by atoms with Crippen molar-refractivity contribution >= 4 is 16.6 Å². The normalized spacial score (nSPS) is 14.3. The Hall–Kier alpha value is -1.74. The molecule has 0 amide bonds. The van der Waals surface area contributed by atoms with Crippen molar-refractivity contribution in [2.24, 2.45) is 0 Å². The zero-order valence-corrected chi connectivity index (χ0v) is 10.1. The van der Waals surface area contributed by atoms with Crippen molar-refractivity contribution in [2.75, 3.05) is 6.26 Å². The predicted molar refractivity (Wildman–Crippen MR) is 67.6 cm³/mol.